The number of amides is 1. The lowest BCUT2D eigenvalue weighted by Crippen LogP contribution is -2.47. The smallest absolute Gasteiger partial charge is 0.306 e. The number of carbonyl (C=O) groups is 2. The Morgan fingerprint density at radius 1 is 0.500 bits per heavy atom. The minimum Gasteiger partial charge on any atom is -0.756 e. The summed E-state index contributed by atoms with van der Waals surface area (Å²) in [6.45, 7) is 6.64. The quantitative estimate of drug-likeness (QED) is 0.0161. The standard InChI is InChI=1S/C64H111N2O7P/c1-7-10-13-16-19-22-25-28-30-31-32-33-34-35-37-38-41-44-47-50-53-56-63(67)65-61(60-72-74(69,70)71-59-58-66(4,5)6)62(55-52-49-46-43-40-27-24-21-18-15-12-9-3)73-64(68)57-54-51-48-45-42-39-36-29-26-23-20-17-14-11-8-2/h10,13,19-20,22-23,26,28-30,32-33,35,37,41,44,52,55,61-62H,7-9,11-12,14-18,21,24-25,27,31,34,36,38-40,42-43,45-51,53-54,56-60H2,1-6H3,(H-,65,67,69,70)/b13-10-,22-19-,23-20+,29-26+,30-28-,33-32-,37-35-,44-41-,55-52-. The van der Waals surface area contributed by atoms with Crippen molar-refractivity contribution in [2.45, 2.75) is 245 Å². The molecule has 0 fully saturated rings. The lowest BCUT2D eigenvalue weighted by molar-refractivity contribution is -0.870. The first-order chi connectivity index (χ1) is 35.9. The van der Waals surface area contributed by atoms with Crippen LogP contribution in [0.3, 0.4) is 0 Å². The summed E-state index contributed by atoms with van der Waals surface area (Å²) in [4.78, 5) is 39.9. The van der Waals surface area contributed by atoms with Crippen LogP contribution in [0.1, 0.15) is 233 Å². The van der Waals surface area contributed by atoms with E-state index < -0.39 is 26.6 Å². The van der Waals surface area contributed by atoms with Crippen LogP contribution in [0.4, 0.5) is 0 Å². The third kappa shape index (κ3) is 53.5. The molecule has 0 aromatic rings. The summed E-state index contributed by atoms with van der Waals surface area (Å²) in [7, 11) is 1.13. The Balaban J connectivity index is 5.41. The first-order valence-electron chi connectivity index (χ1n) is 29.7. The van der Waals surface area contributed by atoms with Gasteiger partial charge in [-0.3, -0.25) is 14.2 Å². The van der Waals surface area contributed by atoms with Gasteiger partial charge in [0.05, 0.1) is 33.8 Å². The Hall–Kier alpha value is -3.33. The summed E-state index contributed by atoms with van der Waals surface area (Å²) in [5.41, 5.74) is 0. The largest absolute Gasteiger partial charge is 0.756 e. The number of carbonyl (C=O) groups excluding carboxylic acids is 2. The topological polar surface area (TPSA) is 114 Å². The lowest BCUT2D eigenvalue weighted by Gasteiger charge is -2.30. The Morgan fingerprint density at radius 2 is 0.905 bits per heavy atom. The van der Waals surface area contributed by atoms with Gasteiger partial charge in [-0.1, -0.05) is 220 Å². The van der Waals surface area contributed by atoms with Gasteiger partial charge in [0, 0.05) is 12.8 Å². The Bertz CT molecular complexity index is 1640. The van der Waals surface area contributed by atoms with Gasteiger partial charge in [0.25, 0.3) is 7.82 Å². The molecule has 0 rings (SSSR count). The molecule has 1 N–H and O–H groups in total. The highest BCUT2D eigenvalue weighted by atomic mass is 31.2. The maximum absolute atomic E-state index is 13.5. The molecule has 0 bridgehead atoms. The molecule has 1 amide bonds. The Morgan fingerprint density at radius 3 is 1.42 bits per heavy atom. The molecule has 0 saturated heterocycles. The molecule has 0 heterocycles. The molecular weight excluding hydrogens is 940 g/mol. The zero-order chi connectivity index (χ0) is 54.3. The van der Waals surface area contributed by atoms with Gasteiger partial charge in [0.2, 0.25) is 5.91 Å². The second-order valence-corrected chi connectivity index (χ2v) is 22.2. The molecular formula is C64H111N2O7P. The van der Waals surface area contributed by atoms with E-state index in [0.717, 1.165) is 116 Å². The van der Waals surface area contributed by atoms with Crippen LogP contribution in [-0.4, -0.2) is 69.4 Å². The van der Waals surface area contributed by atoms with Crippen molar-refractivity contribution in [2.75, 3.05) is 40.9 Å². The van der Waals surface area contributed by atoms with Gasteiger partial charge in [0.15, 0.2) is 0 Å². The number of nitrogens with zero attached hydrogens (tertiary/aromatic N) is 1. The average Bonchev–Trinajstić information content (AvgIpc) is 3.36. The molecule has 0 aliphatic rings. The van der Waals surface area contributed by atoms with E-state index in [1.807, 2.05) is 33.3 Å². The van der Waals surface area contributed by atoms with Gasteiger partial charge in [-0.15, -0.1) is 0 Å². The maximum atomic E-state index is 13.5. The van der Waals surface area contributed by atoms with Gasteiger partial charge in [-0.05, 0) is 109 Å². The minimum absolute atomic E-state index is 0.0385. The second kappa shape index (κ2) is 53.1. The number of hydrogen-bond acceptors (Lipinski definition) is 7. The van der Waals surface area contributed by atoms with E-state index in [4.69, 9.17) is 13.8 Å². The zero-order valence-corrected chi connectivity index (χ0v) is 49.1. The van der Waals surface area contributed by atoms with Crippen molar-refractivity contribution in [3.63, 3.8) is 0 Å². The van der Waals surface area contributed by atoms with E-state index >= 15 is 0 Å². The fourth-order valence-corrected chi connectivity index (χ4v) is 8.59. The van der Waals surface area contributed by atoms with Crippen LogP contribution in [0.5, 0.6) is 0 Å². The van der Waals surface area contributed by atoms with Crippen LogP contribution in [0.2, 0.25) is 0 Å². The molecule has 9 nitrogen and oxygen atoms in total. The monoisotopic (exact) mass is 1050 g/mol. The van der Waals surface area contributed by atoms with Crippen molar-refractivity contribution in [1.29, 1.82) is 0 Å². The molecule has 0 saturated carbocycles. The summed E-state index contributed by atoms with van der Waals surface area (Å²) in [5, 5.41) is 2.99. The number of rotatable bonds is 52. The first kappa shape index (κ1) is 70.7. The fourth-order valence-electron chi connectivity index (χ4n) is 7.87. The van der Waals surface area contributed by atoms with E-state index in [1.165, 1.54) is 70.6 Å². The fraction of sp³-hybridized carbons (Fsp3) is 0.688. The number of allylic oxidation sites excluding steroid dienone is 17. The molecule has 3 atom stereocenters. The number of likely N-dealkylation sites (N-methyl/N-ethyl adjacent to an activating group) is 1. The number of ether oxygens (including phenoxy) is 1. The van der Waals surface area contributed by atoms with E-state index in [0.29, 0.717) is 23.9 Å². The van der Waals surface area contributed by atoms with Gasteiger partial charge in [-0.25, -0.2) is 0 Å². The van der Waals surface area contributed by atoms with Crippen molar-refractivity contribution in [3.8, 4) is 0 Å². The summed E-state index contributed by atoms with van der Waals surface area (Å²) in [6.07, 6.45) is 72.0. The van der Waals surface area contributed by atoms with Gasteiger partial charge in [-0.2, -0.15) is 0 Å². The molecule has 0 spiro atoms. The second-order valence-electron chi connectivity index (χ2n) is 20.8. The third-order valence-corrected chi connectivity index (χ3v) is 13.4. The minimum atomic E-state index is -4.72. The van der Waals surface area contributed by atoms with Gasteiger partial charge < -0.3 is 28.5 Å². The summed E-state index contributed by atoms with van der Waals surface area (Å²) in [5.74, 6) is -0.613. The molecule has 74 heavy (non-hydrogen) atoms. The number of hydrogen-bond donors (Lipinski definition) is 1. The van der Waals surface area contributed by atoms with Crippen molar-refractivity contribution in [2.24, 2.45) is 0 Å². The molecule has 0 radical (unpaired) electrons. The predicted molar refractivity (Wildman–Crippen MR) is 316 cm³/mol. The zero-order valence-electron chi connectivity index (χ0n) is 48.3. The number of phosphoric ester groups is 1. The van der Waals surface area contributed by atoms with E-state index in [1.54, 1.807) is 0 Å². The van der Waals surface area contributed by atoms with E-state index in [2.05, 4.69) is 123 Å². The molecule has 0 aromatic carbocycles. The van der Waals surface area contributed by atoms with Gasteiger partial charge >= 0.3 is 5.97 Å². The first-order valence-corrected chi connectivity index (χ1v) is 31.2. The van der Waals surface area contributed by atoms with Crippen LogP contribution < -0.4 is 10.2 Å². The number of quaternary nitrogens is 1. The third-order valence-electron chi connectivity index (χ3n) is 12.5. The van der Waals surface area contributed by atoms with Crippen molar-refractivity contribution in [1.82, 2.24) is 5.32 Å². The van der Waals surface area contributed by atoms with Crippen molar-refractivity contribution in [3.05, 3.63) is 109 Å². The molecule has 10 heteroatoms. The highest BCUT2D eigenvalue weighted by Gasteiger charge is 2.27. The maximum Gasteiger partial charge on any atom is 0.306 e. The number of esters is 1. The SMILES string of the molecule is CC/C=C\C/C=C\C/C=C\C/C=C\C/C=C\C/C=C\CCCCC(=O)NC(COP(=O)([O-])OCC[N+](C)(C)C)C(/C=C\CCCCCCCCCCCC)OC(=O)CCCCCCCC/C=C/C=C/CCCCC. The highest BCUT2D eigenvalue weighted by molar-refractivity contribution is 7.45. The molecule has 0 aliphatic carbocycles. The number of nitrogens with one attached hydrogen (secondary N) is 1. The van der Waals surface area contributed by atoms with E-state index in [9.17, 15) is 19.0 Å². The number of phosphoric acid groups is 1. The summed E-state index contributed by atoms with van der Waals surface area (Å²) in [6, 6.07) is -0.923. The van der Waals surface area contributed by atoms with E-state index in [-0.39, 0.29) is 31.3 Å². The highest BCUT2D eigenvalue weighted by Crippen LogP contribution is 2.38. The van der Waals surface area contributed by atoms with Gasteiger partial charge in [0.1, 0.15) is 19.3 Å². The van der Waals surface area contributed by atoms with Crippen LogP contribution in [0.25, 0.3) is 0 Å². The van der Waals surface area contributed by atoms with Crippen LogP contribution in [0, 0.1) is 0 Å². The predicted octanol–water partition coefficient (Wildman–Crippen LogP) is 17.5. The molecule has 424 valence electrons. The van der Waals surface area contributed by atoms with Crippen LogP contribution in [-0.2, 0) is 27.9 Å². The normalized spacial score (nSPS) is 14.5. The van der Waals surface area contributed by atoms with Crippen LogP contribution >= 0.6 is 7.82 Å². The Labute approximate surface area is 455 Å². The summed E-state index contributed by atoms with van der Waals surface area (Å²) >= 11 is 0. The van der Waals surface area contributed by atoms with Crippen molar-refractivity contribution < 1.29 is 37.3 Å². The summed E-state index contributed by atoms with van der Waals surface area (Å²) < 4.78 is 30.2. The molecule has 0 aliphatic heterocycles. The molecule has 0 aromatic heterocycles. The van der Waals surface area contributed by atoms with Crippen molar-refractivity contribution >= 4 is 19.7 Å². The molecule has 3 unspecified atom stereocenters. The lowest BCUT2D eigenvalue weighted by atomic mass is 10.1. The average molecular weight is 1050 g/mol. The van der Waals surface area contributed by atoms with Crippen LogP contribution in [0.15, 0.2) is 109 Å². The Kier molecular flexibility index (Phi) is 50.7. The number of unbranched alkanes of at least 4 members (excludes halogenated alkanes) is 21.